The fourth-order valence-corrected chi connectivity index (χ4v) is 4.54. The highest BCUT2D eigenvalue weighted by molar-refractivity contribution is 6.00. The van der Waals surface area contributed by atoms with Crippen molar-refractivity contribution in [1.82, 2.24) is 4.90 Å². The SMILES string of the molecule is O=C([O-])[C@@H]1c2ccccc2C(=O)N(C2CCCC2)[C@@H]1c1ccc([N+](=O)[O-])cc1. The molecule has 2 aromatic carbocycles. The number of carbonyl (C=O) groups is 2. The predicted molar refractivity (Wildman–Crippen MR) is 98.5 cm³/mol. The maximum absolute atomic E-state index is 13.3. The van der Waals surface area contributed by atoms with Crippen molar-refractivity contribution in [3.05, 3.63) is 75.3 Å². The molecular weight excluding hydrogens is 360 g/mol. The van der Waals surface area contributed by atoms with Gasteiger partial charge in [0.25, 0.3) is 11.6 Å². The largest absolute Gasteiger partial charge is 0.549 e. The van der Waals surface area contributed by atoms with Gasteiger partial charge >= 0.3 is 0 Å². The van der Waals surface area contributed by atoms with Gasteiger partial charge in [-0.05, 0) is 30.0 Å². The number of hydrogen-bond acceptors (Lipinski definition) is 5. The minimum absolute atomic E-state index is 0.0529. The Kier molecular flexibility index (Phi) is 4.58. The Morgan fingerprint density at radius 3 is 2.29 bits per heavy atom. The first-order valence-electron chi connectivity index (χ1n) is 9.36. The Morgan fingerprint density at radius 1 is 1.04 bits per heavy atom. The van der Waals surface area contributed by atoms with Crippen LogP contribution in [0.2, 0.25) is 0 Å². The molecule has 2 aliphatic rings. The van der Waals surface area contributed by atoms with Gasteiger partial charge in [-0.15, -0.1) is 0 Å². The lowest BCUT2D eigenvalue weighted by molar-refractivity contribution is -0.384. The highest BCUT2D eigenvalue weighted by Gasteiger charge is 2.44. The van der Waals surface area contributed by atoms with Gasteiger partial charge in [0.2, 0.25) is 0 Å². The Balaban J connectivity index is 1.88. The second-order valence-corrected chi connectivity index (χ2v) is 7.33. The van der Waals surface area contributed by atoms with E-state index in [1.165, 1.54) is 12.1 Å². The molecule has 7 nitrogen and oxygen atoms in total. The van der Waals surface area contributed by atoms with E-state index >= 15 is 0 Å². The molecule has 7 heteroatoms. The average Bonchev–Trinajstić information content (AvgIpc) is 3.22. The van der Waals surface area contributed by atoms with Crippen LogP contribution in [0.5, 0.6) is 0 Å². The van der Waals surface area contributed by atoms with Crippen LogP contribution in [0, 0.1) is 10.1 Å². The van der Waals surface area contributed by atoms with E-state index < -0.39 is 22.9 Å². The van der Waals surface area contributed by atoms with Gasteiger partial charge < -0.3 is 14.8 Å². The third kappa shape index (κ3) is 2.93. The molecule has 0 aromatic heterocycles. The maximum Gasteiger partial charge on any atom is 0.269 e. The topological polar surface area (TPSA) is 104 Å². The number of fused-ring (bicyclic) bond motifs is 1. The summed E-state index contributed by atoms with van der Waals surface area (Å²) >= 11 is 0. The zero-order chi connectivity index (χ0) is 19.8. The van der Waals surface area contributed by atoms with Crippen LogP contribution in [0.3, 0.4) is 0 Å². The van der Waals surface area contributed by atoms with Gasteiger partial charge in [-0.3, -0.25) is 14.9 Å². The van der Waals surface area contributed by atoms with Crippen molar-refractivity contribution in [3.8, 4) is 0 Å². The number of carboxylic acids is 1. The van der Waals surface area contributed by atoms with Crippen LogP contribution in [0.15, 0.2) is 48.5 Å². The summed E-state index contributed by atoms with van der Waals surface area (Å²) in [5.41, 5.74) is 1.31. The molecule has 4 rings (SSSR count). The van der Waals surface area contributed by atoms with Crippen molar-refractivity contribution in [2.75, 3.05) is 0 Å². The quantitative estimate of drug-likeness (QED) is 0.600. The van der Waals surface area contributed by atoms with Crippen molar-refractivity contribution in [2.24, 2.45) is 0 Å². The lowest BCUT2D eigenvalue weighted by atomic mass is 9.79. The summed E-state index contributed by atoms with van der Waals surface area (Å²) in [6, 6.07) is 11.7. The lowest BCUT2D eigenvalue weighted by Gasteiger charge is -2.45. The van der Waals surface area contributed by atoms with Gasteiger partial charge in [-0.2, -0.15) is 0 Å². The third-order valence-electron chi connectivity index (χ3n) is 5.79. The van der Waals surface area contributed by atoms with Crippen molar-refractivity contribution < 1.29 is 19.6 Å². The van der Waals surface area contributed by atoms with Crippen LogP contribution in [-0.4, -0.2) is 27.7 Å². The number of rotatable bonds is 4. The first-order valence-corrected chi connectivity index (χ1v) is 9.36. The van der Waals surface area contributed by atoms with Crippen LogP contribution in [-0.2, 0) is 4.79 Å². The summed E-state index contributed by atoms with van der Waals surface area (Å²) < 4.78 is 0. The van der Waals surface area contributed by atoms with E-state index in [2.05, 4.69) is 0 Å². The van der Waals surface area contributed by atoms with Gasteiger partial charge in [0.15, 0.2) is 0 Å². The van der Waals surface area contributed by atoms with Gasteiger partial charge in [0.1, 0.15) is 0 Å². The van der Waals surface area contributed by atoms with Crippen LogP contribution < -0.4 is 5.11 Å². The standard InChI is InChI=1S/C21H20N2O5/c24-20-17-8-4-3-7-16(17)18(21(25)26)19(22(20)14-5-1-2-6-14)13-9-11-15(12-10-13)23(27)28/h3-4,7-12,14,18-19H,1-2,5-6H2,(H,25,26)/p-1/t18-,19-/m1/s1. The molecule has 2 atom stereocenters. The zero-order valence-electron chi connectivity index (χ0n) is 15.1. The van der Waals surface area contributed by atoms with Crippen molar-refractivity contribution >= 4 is 17.6 Å². The molecule has 1 heterocycles. The molecule has 1 saturated carbocycles. The van der Waals surface area contributed by atoms with Crippen molar-refractivity contribution in [3.63, 3.8) is 0 Å². The summed E-state index contributed by atoms with van der Waals surface area (Å²) in [4.78, 5) is 37.7. The summed E-state index contributed by atoms with van der Waals surface area (Å²) in [5.74, 6) is -2.48. The Labute approximate surface area is 161 Å². The zero-order valence-corrected chi connectivity index (χ0v) is 15.1. The molecule has 0 saturated heterocycles. The van der Waals surface area contributed by atoms with Gasteiger partial charge in [0.05, 0.1) is 16.9 Å². The smallest absolute Gasteiger partial charge is 0.269 e. The number of nitro groups is 1. The van der Waals surface area contributed by atoms with Crippen LogP contribution >= 0.6 is 0 Å². The first-order chi connectivity index (χ1) is 13.5. The van der Waals surface area contributed by atoms with E-state index in [9.17, 15) is 24.8 Å². The van der Waals surface area contributed by atoms with Crippen LogP contribution in [0.4, 0.5) is 5.69 Å². The first kappa shape index (κ1) is 18.2. The van der Waals surface area contributed by atoms with Gasteiger partial charge in [0, 0.05) is 29.7 Å². The minimum atomic E-state index is -1.26. The number of non-ortho nitro benzene ring substituents is 1. The normalized spacial score (nSPS) is 22.1. The molecule has 0 bridgehead atoms. The van der Waals surface area contributed by atoms with E-state index in [1.807, 2.05) is 0 Å². The van der Waals surface area contributed by atoms with Crippen LogP contribution in [0.25, 0.3) is 0 Å². The number of benzene rings is 2. The minimum Gasteiger partial charge on any atom is -0.549 e. The van der Waals surface area contributed by atoms with Crippen LogP contribution in [0.1, 0.15) is 59.1 Å². The Morgan fingerprint density at radius 2 is 1.68 bits per heavy atom. The van der Waals surface area contributed by atoms with E-state index in [0.29, 0.717) is 16.7 Å². The molecule has 1 aliphatic carbocycles. The summed E-state index contributed by atoms with van der Waals surface area (Å²) in [7, 11) is 0. The van der Waals surface area contributed by atoms with Gasteiger partial charge in [-0.1, -0.05) is 43.2 Å². The summed E-state index contributed by atoms with van der Waals surface area (Å²) in [5, 5.41) is 23.2. The van der Waals surface area contributed by atoms with E-state index in [-0.39, 0.29) is 17.6 Å². The third-order valence-corrected chi connectivity index (χ3v) is 5.79. The van der Waals surface area contributed by atoms with Gasteiger partial charge in [-0.25, -0.2) is 0 Å². The number of nitrogens with zero attached hydrogens (tertiary/aromatic N) is 2. The van der Waals surface area contributed by atoms with E-state index in [4.69, 9.17) is 0 Å². The predicted octanol–water partition coefficient (Wildman–Crippen LogP) is 2.57. The molecule has 0 N–H and O–H groups in total. The second kappa shape index (κ2) is 7.07. The highest BCUT2D eigenvalue weighted by Crippen LogP contribution is 2.45. The van der Waals surface area contributed by atoms with Crippen molar-refractivity contribution in [1.29, 1.82) is 0 Å². The Hall–Kier alpha value is -3.22. The Bertz CT molecular complexity index is 934. The fraction of sp³-hybridized carbons (Fsp3) is 0.333. The number of aliphatic carboxylic acids is 1. The number of carboxylic acid groups (broad SMARTS) is 1. The molecule has 0 radical (unpaired) electrons. The second-order valence-electron chi connectivity index (χ2n) is 7.33. The molecule has 144 valence electrons. The number of amides is 1. The number of carbonyl (C=O) groups excluding carboxylic acids is 2. The fourth-order valence-electron chi connectivity index (χ4n) is 4.54. The van der Waals surface area contributed by atoms with Crippen molar-refractivity contribution in [2.45, 2.75) is 43.7 Å². The number of nitro benzene ring substituents is 1. The average molecular weight is 379 g/mol. The maximum atomic E-state index is 13.3. The molecular formula is C21H19N2O5-. The number of hydrogen-bond donors (Lipinski definition) is 0. The molecule has 1 aliphatic heterocycles. The molecule has 1 fully saturated rings. The summed E-state index contributed by atoms with van der Waals surface area (Å²) in [6.45, 7) is 0. The summed E-state index contributed by atoms with van der Waals surface area (Å²) in [6.07, 6.45) is 3.60. The molecule has 2 aromatic rings. The van der Waals surface area contributed by atoms with E-state index in [0.717, 1.165) is 25.7 Å². The highest BCUT2D eigenvalue weighted by atomic mass is 16.6. The van der Waals surface area contributed by atoms with E-state index in [1.54, 1.807) is 41.3 Å². The molecule has 0 unspecified atom stereocenters. The molecule has 28 heavy (non-hydrogen) atoms. The molecule has 1 amide bonds. The molecule has 0 spiro atoms. The lowest BCUT2D eigenvalue weighted by Crippen LogP contribution is -2.51. The monoisotopic (exact) mass is 379 g/mol.